The molecule has 126 valence electrons. The van der Waals surface area contributed by atoms with Gasteiger partial charge in [-0.2, -0.15) is 0 Å². The first kappa shape index (κ1) is 20.3. The predicted molar refractivity (Wildman–Crippen MR) is 88.6 cm³/mol. The van der Waals surface area contributed by atoms with E-state index in [2.05, 4.69) is 10.6 Å². The third-order valence-electron chi connectivity index (χ3n) is 3.10. The van der Waals surface area contributed by atoms with Crippen molar-refractivity contribution in [2.75, 3.05) is 41.5 Å². The van der Waals surface area contributed by atoms with Crippen molar-refractivity contribution < 1.29 is 19.0 Å². The number of hydrogen-bond donors (Lipinski definition) is 2. The van der Waals surface area contributed by atoms with Gasteiger partial charge in [-0.25, -0.2) is 0 Å². The summed E-state index contributed by atoms with van der Waals surface area (Å²) in [6, 6.07) is 3.71. The molecule has 0 aliphatic rings. The molecule has 2 N–H and O–H groups in total. The Balaban J connectivity index is 0.00000441. The second kappa shape index (κ2) is 11.0. The zero-order valence-corrected chi connectivity index (χ0v) is 14.3. The average molecular weight is 333 g/mol. The predicted octanol–water partition coefficient (Wildman–Crippen LogP) is 1.40. The van der Waals surface area contributed by atoms with Gasteiger partial charge in [-0.15, -0.1) is 12.4 Å². The normalized spacial score (nSPS) is 9.64. The Morgan fingerprint density at radius 2 is 1.73 bits per heavy atom. The molecule has 0 saturated heterocycles. The van der Waals surface area contributed by atoms with Gasteiger partial charge >= 0.3 is 0 Å². The SMILES string of the molecule is CNCCNC(=O)CCc1ccc(OC)c(OC)c1OC.Cl. The number of likely N-dealkylation sites (N-methyl/N-ethyl adjacent to an activating group) is 1. The number of hydrogen-bond acceptors (Lipinski definition) is 5. The van der Waals surface area contributed by atoms with Crippen molar-refractivity contribution >= 4 is 18.3 Å². The van der Waals surface area contributed by atoms with Gasteiger partial charge in [0.05, 0.1) is 21.3 Å². The van der Waals surface area contributed by atoms with Crippen molar-refractivity contribution in [2.45, 2.75) is 12.8 Å². The number of rotatable bonds is 9. The Morgan fingerprint density at radius 3 is 2.27 bits per heavy atom. The van der Waals surface area contributed by atoms with Crippen LogP contribution in [-0.4, -0.2) is 47.4 Å². The van der Waals surface area contributed by atoms with Crippen LogP contribution in [0.15, 0.2) is 12.1 Å². The van der Waals surface area contributed by atoms with Gasteiger partial charge in [-0.05, 0) is 25.1 Å². The Kier molecular flexibility index (Phi) is 10.2. The average Bonchev–Trinajstić information content (AvgIpc) is 2.51. The van der Waals surface area contributed by atoms with E-state index in [4.69, 9.17) is 14.2 Å². The van der Waals surface area contributed by atoms with Gasteiger partial charge in [0, 0.05) is 19.5 Å². The molecule has 7 heteroatoms. The lowest BCUT2D eigenvalue weighted by Gasteiger charge is -2.15. The number of ether oxygens (including phenoxy) is 3. The number of benzene rings is 1. The first-order valence-corrected chi connectivity index (χ1v) is 6.87. The molecule has 1 aromatic rings. The minimum Gasteiger partial charge on any atom is -0.493 e. The highest BCUT2D eigenvalue weighted by atomic mass is 35.5. The molecule has 6 nitrogen and oxygen atoms in total. The van der Waals surface area contributed by atoms with Gasteiger partial charge in [0.1, 0.15) is 0 Å². The van der Waals surface area contributed by atoms with Crippen molar-refractivity contribution in [1.29, 1.82) is 0 Å². The molecule has 0 saturated carbocycles. The van der Waals surface area contributed by atoms with Crippen LogP contribution in [-0.2, 0) is 11.2 Å². The molecule has 0 bridgehead atoms. The minimum atomic E-state index is 0. The summed E-state index contributed by atoms with van der Waals surface area (Å²) in [6.07, 6.45) is 0.977. The van der Waals surface area contributed by atoms with Gasteiger partial charge in [0.2, 0.25) is 11.7 Å². The zero-order chi connectivity index (χ0) is 15.7. The van der Waals surface area contributed by atoms with Crippen molar-refractivity contribution in [1.82, 2.24) is 10.6 Å². The maximum Gasteiger partial charge on any atom is 0.220 e. The van der Waals surface area contributed by atoms with Crippen molar-refractivity contribution in [2.24, 2.45) is 0 Å². The summed E-state index contributed by atoms with van der Waals surface area (Å²) in [7, 11) is 6.56. The van der Waals surface area contributed by atoms with Gasteiger partial charge in [0.25, 0.3) is 0 Å². The number of aryl methyl sites for hydroxylation is 1. The molecule has 1 aromatic carbocycles. The number of carbonyl (C=O) groups is 1. The van der Waals surface area contributed by atoms with E-state index in [9.17, 15) is 4.79 Å². The Morgan fingerprint density at radius 1 is 1.05 bits per heavy atom. The summed E-state index contributed by atoms with van der Waals surface area (Å²) in [5.41, 5.74) is 0.916. The van der Waals surface area contributed by atoms with Crippen LogP contribution in [0.5, 0.6) is 17.2 Å². The molecule has 1 amide bonds. The van der Waals surface area contributed by atoms with Gasteiger partial charge in [-0.1, -0.05) is 6.07 Å². The summed E-state index contributed by atoms with van der Waals surface area (Å²) in [5, 5.41) is 5.82. The number of amides is 1. The minimum absolute atomic E-state index is 0. The summed E-state index contributed by atoms with van der Waals surface area (Å²) >= 11 is 0. The standard InChI is InChI=1S/C15H24N2O4.ClH/c1-16-9-10-17-13(18)8-6-11-5-7-12(19-2)15(21-4)14(11)20-3;/h5,7,16H,6,8-10H2,1-4H3,(H,17,18);1H. The fraction of sp³-hybridized carbons (Fsp3) is 0.533. The molecular formula is C15H25ClN2O4. The molecule has 1 rings (SSSR count). The molecule has 0 heterocycles. The van der Waals surface area contributed by atoms with Crippen molar-refractivity contribution in [3.8, 4) is 17.2 Å². The van der Waals surface area contributed by atoms with Crippen LogP contribution >= 0.6 is 12.4 Å². The van der Waals surface area contributed by atoms with E-state index >= 15 is 0 Å². The number of halogens is 1. The molecule has 0 radical (unpaired) electrons. The molecular weight excluding hydrogens is 308 g/mol. The molecule has 22 heavy (non-hydrogen) atoms. The molecule has 0 spiro atoms. The Labute approximate surface area is 137 Å². The number of carbonyl (C=O) groups excluding carboxylic acids is 1. The van der Waals surface area contributed by atoms with Gasteiger partial charge in [-0.3, -0.25) is 4.79 Å². The van der Waals surface area contributed by atoms with Crippen LogP contribution in [0.3, 0.4) is 0 Å². The molecule has 0 fully saturated rings. The molecule has 0 aliphatic heterocycles. The monoisotopic (exact) mass is 332 g/mol. The van der Waals surface area contributed by atoms with Crippen molar-refractivity contribution in [3.05, 3.63) is 17.7 Å². The first-order valence-electron chi connectivity index (χ1n) is 6.87. The molecule has 0 aliphatic carbocycles. The fourth-order valence-corrected chi connectivity index (χ4v) is 2.02. The second-order valence-corrected chi connectivity index (χ2v) is 4.45. The third kappa shape index (κ3) is 5.61. The summed E-state index contributed by atoms with van der Waals surface area (Å²) in [6.45, 7) is 1.38. The molecule has 0 aromatic heterocycles. The maximum atomic E-state index is 11.7. The van der Waals surface area contributed by atoms with Crippen LogP contribution in [0.2, 0.25) is 0 Å². The van der Waals surface area contributed by atoms with E-state index in [0.29, 0.717) is 36.6 Å². The summed E-state index contributed by atoms with van der Waals surface area (Å²) in [5.74, 6) is 1.78. The van der Waals surface area contributed by atoms with E-state index in [1.54, 1.807) is 21.3 Å². The maximum absolute atomic E-state index is 11.7. The van der Waals surface area contributed by atoms with Crippen molar-refractivity contribution in [3.63, 3.8) is 0 Å². The van der Waals surface area contributed by atoms with Crippen LogP contribution < -0.4 is 24.8 Å². The van der Waals surface area contributed by atoms with Crippen LogP contribution in [0, 0.1) is 0 Å². The van der Waals surface area contributed by atoms with E-state index < -0.39 is 0 Å². The topological polar surface area (TPSA) is 68.8 Å². The van der Waals surface area contributed by atoms with Gasteiger partial charge < -0.3 is 24.8 Å². The highest BCUT2D eigenvalue weighted by molar-refractivity contribution is 5.85. The first-order chi connectivity index (χ1) is 10.2. The highest BCUT2D eigenvalue weighted by Crippen LogP contribution is 2.40. The van der Waals surface area contributed by atoms with Gasteiger partial charge in [0.15, 0.2) is 11.5 Å². The Hall–Kier alpha value is -1.66. The Bertz CT molecular complexity index is 469. The molecule has 0 atom stereocenters. The zero-order valence-electron chi connectivity index (χ0n) is 13.5. The van der Waals surface area contributed by atoms with E-state index in [1.165, 1.54) is 0 Å². The largest absolute Gasteiger partial charge is 0.493 e. The summed E-state index contributed by atoms with van der Waals surface area (Å²) < 4.78 is 16.0. The van der Waals surface area contributed by atoms with E-state index in [-0.39, 0.29) is 18.3 Å². The van der Waals surface area contributed by atoms with E-state index in [0.717, 1.165) is 12.1 Å². The lowest BCUT2D eigenvalue weighted by molar-refractivity contribution is -0.121. The van der Waals surface area contributed by atoms with Crippen LogP contribution in [0.25, 0.3) is 0 Å². The lowest BCUT2D eigenvalue weighted by Crippen LogP contribution is -2.30. The van der Waals surface area contributed by atoms with E-state index in [1.807, 2.05) is 19.2 Å². The summed E-state index contributed by atoms with van der Waals surface area (Å²) in [4.78, 5) is 11.7. The van der Waals surface area contributed by atoms with Crippen LogP contribution in [0.4, 0.5) is 0 Å². The number of methoxy groups -OCH3 is 3. The smallest absolute Gasteiger partial charge is 0.220 e. The van der Waals surface area contributed by atoms with Crippen LogP contribution in [0.1, 0.15) is 12.0 Å². The fourth-order valence-electron chi connectivity index (χ4n) is 2.02. The molecule has 0 unspecified atom stereocenters. The second-order valence-electron chi connectivity index (χ2n) is 4.45. The highest BCUT2D eigenvalue weighted by Gasteiger charge is 2.16. The lowest BCUT2D eigenvalue weighted by atomic mass is 10.1. The third-order valence-corrected chi connectivity index (χ3v) is 3.10. The number of nitrogens with one attached hydrogen (secondary N) is 2. The quantitative estimate of drug-likeness (QED) is 0.669.